The Morgan fingerprint density at radius 2 is 1.73 bits per heavy atom. The Hall–Kier alpha value is -4.58. The molecule has 7 nitrogen and oxygen atoms in total. The second-order valence-corrected chi connectivity index (χ2v) is 10.4. The van der Waals surface area contributed by atoms with Crippen LogP contribution in [-0.4, -0.2) is 39.6 Å². The van der Waals surface area contributed by atoms with E-state index in [1.54, 1.807) is 42.9 Å². The van der Waals surface area contributed by atoms with E-state index < -0.39 is 41.0 Å². The first-order valence-electron chi connectivity index (χ1n) is 12.3. The van der Waals surface area contributed by atoms with Crippen LogP contribution in [0.15, 0.2) is 73.1 Å². The minimum Gasteiger partial charge on any atom is -0.465 e. The molecule has 0 aliphatic carbocycles. The van der Waals surface area contributed by atoms with Gasteiger partial charge in [-0.15, -0.1) is 11.3 Å². The normalized spacial score (nSPS) is 11.7. The number of halogens is 4. The first-order chi connectivity index (χ1) is 19.5. The molecule has 0 N–H and O–H groups in total. The van der Waals surface area contributed by atoms with Gasteiger partial charge < -0.3 is 9.64 Å². The highest BCUT2D eigenvalue weighted by molar-refractivity contribution is 7.18. The van der Waals surface area contributed by atoms with Gasteiger partial charge in [0.2, 0.25) is 0 Å². The number of aromatic nitrogens is 3. The highest BCUT2D eigenvalue weighted by atomic mass is 32.1. The molecule has 0 saturated carbocycles. The van der Waals surface area contributed by atoms with Crippen molar-refractivity contribution in [2.45, 2.75) is 26.1 Å². The summed E-state index contributed by atoms with van der Waals surface area (Å²) in [6, 6.07) is 13.8. The molecule has 3 aromatic heterocycles. The molecule has 0 aliphatic heterocycles. The van der Waals surface area contributed by atoms with Crippen molar-refractivity contribution in [3.63, 3.8) is 0 Å². The van der Waals surface area contributed by atoms with Crippen molar-refractivity contribution in [1.29, 1.82) is 0 Å². The Kier molecular flexibility index (Phi) is 7.35. The van der Waals surface area contributed by atoms with Gasteiger partial charge in [0.15, 0.2) is 5.65 Å². The third kappa shape index (κ3) is 5.42. The lowest BCUT2D eigenvalue weighted by Gasteiger charge is -2.27. The van der Waals surface area contributed by atoms with Crippen LogP contribution in [0, 0.1) is 5.82 Å². The van der Waals surface area contributed by atoms with E-state index in [-0.39, 0.29) is 16.6 Å². The predicted octanol–water partition coefficient (Wildman–Crippen LogP) is 7.12. The highest BCUT2D eigenvalue weighted by Crippen LogP contribution is 2.40. The number of hydrogen-bond acceptors (Lipinski definition) is 6. The molecule has 5 rings (SSSR count). The third-order valence-electron chi connectivity index (χ3n) is 6.31. The van der Waals surface area contributed by atoms with Crippen molar-refractivity contribution in [3.05, 3.63) is 94.9 Å². The Morgan fingerprint density at radius 1 is 1.02 bits per heavy atom. The highest BCUT2D eigenvalue weighted by Gasteiger charge is 2.34. The topological polar surface area (TPSA) is 76.8 Å². The minimum absolute atomic E-state index is 0.0902. The van der Waals surface area contributed by atoms with E-state index in [9.17, 15) is 27.2 Å². The molecule has 0 fully saturated rings. The Labute approximate surface area is 235 Å². The molecule has 3 heterocycles. The molecule has 0 bridgehead atoms. The van der Waals surface area contributed by atoms with Crippen LogP contribution >= 0.6 is 11.3 Å². The molecule has 5 aromatic rings. The lowest BCUT2D eigenvalue weighted by molar-refractivity contribution is -0.137. The number of ether oxygens (including phenoxy) is 1. The second-order valence-electron chi connectivity index (χ2n) is 9.31. The van der Waals surface area contributed by atoms with E-state index in [0.717, 1.165) is 28.5 Å². The van der Waals surface area contributed by atoms with Crippen LogP contribution in [0.4, 0.5) is 23.2 Å². The van der Waals surface area contributed by atoms with Crippen molar-refractivity contribution in [3.8, 4) is 21.7 Å². The van der Waals surface area contributed by atoms with Crippen LogP contribution in [0.3, 0.4) is 0 Å². The van der Waals surface area contributed by atoms with Crippen LogP contribution in [0.2, 0.25) is 0 Å². The number of alkyl halides is 3. The minimum atomic E-state index is -4.77. The van der Waals surface area contributed by atoms with Crippen LogP contribution in [0.5, 0.6) is 0 Å². The lowest BCUT2D eigenvalue weighted by Crippen LogP contribution is -2.38. The first kappa shape index (κ1) is 28.0. The Balaban J connectivity index is 1.52. The van der Waals surface area contributed by atoms with Crippen LogP contribution in [0.1, 0.15) is 39.4 Å². The molecular weight excluding hydrogens is 560 g/mol. The van der Waals surface area contributed by atoms with Gasteiger partial charge in [-0.3, -0.25) is 4.79 Å². The zero-order chi connectivity index (χ0) is 29.5. The summed E-state index contributed by atoms with van der Waals surface area (Å²) in [5, 5.41) is 4.51. The number of methoxy groups -OCH3 is 1. The molecule has 0 radical (unpaired) electrons. The summed E-state index contributed by atoms with van der Waals surface area (Å²) in [5.41, 5.74) is 1.37. The molecular formula is C29H22F4N4O3S. The second kappa shape index (κ2) is 10.8. The maximum Gasteiger partial charge on any atom is 0.416 e. The zero-order valence-corrected chi connectivity index (χ0v) is 22.8. The van der Waals surface area contributed by atoms with Gasteiger partial charge in [0.1, 0.15) is 10.7 Å². The van der Waals surface area contributed by atoms with Gasteiger partial charge in [0, 0.05) is 34.9 Å². The molecule has 41 heavy (non-hydrogen) atoms. The summed E-state index contributed by atoms with van der Waals surface area (Å²) in [4.78, 5) is 32.4. The fourth-order valence-electron chi connectivity index (χ4n) is 4.33. The maximum absolute atomic E-state index is 14.8. The van der Waals surface area contributed by atoms with Gasteiger partial charge in [-0.05, 0) is 49.7 Å². The van der Waals surface area contributed by atoms with Gasteiger partial charge in [-0.1, -0.05) is 24.3 Å². The van der Waals surface area contributed by atoms with Gasteiger partial charge in [-0.2, -0.15) is 18.3 Å². The number of benzene rings is 2. The molecule has 0 aliphatic rings. The number of amides is 1. The fraction of sp³-hybridized carbons (Fsp3) is 0.172. The number of esters is 1. The number of thiophene rings is 1. The maximum atomic E-state index is 14.8. The van der Waals surface area contributed by atoms with E-state index >= 15 is 0 Å². The molecule has 0 spiro atoms. The van der Waals surface area contributed by atoms with E-state index in [1.807, 2.05) is 30.3 Å². The van der Waals surface area contributed by atoms with Crippen molar-refractivity contribution in [2.24, 2.45) is 0 Å². The number of fused-ring (bicyclic) bond motifs is 1. The van der Waals surface area contributed by atoms with Crippen LogP contribution in [-0.2, 0) is 10.9 Å². The van der Waals surface area contributed by atoms with E-state index in [4.69, 9.17) is 4.74 Å². The Bertz CT molecular complexity index is 1730. The molecule has 0 unspecified atom stereocenters. The monoisotopic (exact) mass is 582 g/mol. The number of carbonyl (C=O) groups excluding carboxylic acids is 2. The van der Waals surface area contributed by atoms with Crippen molar-refractivity contribution < 1.29 is 31.9 Å². The molecule has 2 aromatic carbocycles. The molecule has 0 saturated heterocycles. The standard InChI is InChI=1S/C29H22F4N4O3S/c1-16(2)37(27(38)20-10-9-19(13-21(20)30)29(31,32)33)23-15-24(41-26(23)28(39)40-3)18-7-5-17(6-8-18)22-14-25-34-11-4-12-36(25)35-22/h4-16H,1-3H3. The van der Waals surface area contributed by atoms with E-state index in [2.05, 4.69) is 10.1 Å². The first-order valence-corrected chi connectivity index (χ1v) is 13.1. The lowest BCUT2D eigenvalue weighted by atomic mass is 10.1. The summed E-state index contributed by atoms with van der Waals surface area (Å²) in [5.74, 6) is -2.92. The summed E-state index contributed by atoms with van der Waals surface area (Å²) >= 11 is 1.08. The van der Waals surface area contributed by atoms with Gasteiger partial charge >= 0.3 is 12.1 Å². The Morgan fingerprint density at radius 3 is 2.34 bits per heavy atom. The average Bonchev–Trinajstić information content (AvgIpc) is 3.57. The van der Waals surface area contributed by atoms with Crippen LogP contribution in [0.25, 0.3) is 27.3 Å². The molecule has 210 valence electrons. The molecule has 1 amide bonds. The number of anilines is 1. The van der Waals surface area contributed by atoms with E-state index in [0.29, 0.717) is 22.3 Å². The summed E-state index contributed by atoms with van der Waals surface area (Å²) in [6.07, 6.45) is -1.30. The summed E-state index contributed by atoms with van der Waals surface area (Å²) < 4.78 is 60.5. The number of hydrogen-bond donors (Lipinski definition) is 0. The molecule has 0 atom stereocenters. The van der Waals surface area contributed by atoms with Gasteiger partial charge in [0.05, 0.1) is 29.6 Å². The predicted molar refractivity (Wildman–Crippen MR) is 146 cm³/mol. The quantitative estimate of drug-likeness (QED) is 0.157. The zero-order valence-electron chi connectivity index (χ0n) is 21.9. The van der Waals surface area contributed by atoms with Gasteiger partial charge in [-0.25, -0.2) is 18.7 Å². The third-order valence-corrected chi connectivity index (χ3v) is 7.46. The average molecular weight is 583 g/mol. The van der Waals surface area contributed by atoms with Gasteiger partial charge in [0.25, 0.3) is 5.91 Å². The van der Waals surface area contributed by atoms with Crippen molar-refractivity contribution in [1.82, 2.24) is 14.6 Å². The van der Waals surface area contributed by atoms with Crippen LogP contribution < -0.4 is 4.90 Å². The number of rotatable bonds is 6. The summed E-state index contributed by atoms with van der Waals surface area (Å²) in [7, 11) is 1.20. The number of nitrogens with zero attached hydrogens (tertiary/aromatic N) is 4. The smallest absolute Gasteiger partial charge is 0.416 e. The van der Waals surface area contributed by atoms with Crippen molar-refractivity contribution in [2.75, 3.05) is 12.0 Å². The largest absolute Gasteiger partial charge is 0.465 e. The molecule has 12 heteroatoms. The SMILES string of the molecule is COC(=O)c1sc(-c2ccc(-c3cc4ncccn4n3)cc2)cc1N(C(=O)c1ccc(C(F)(F)F)cc1F)C(C)C. The van der Waals surface area contributed by atoms with E-state index in [1.165, 1.54) is 12.0 Å². The fourth-order valence-corrected chi connectivity index (χ4v) is 5.41. The number of carbonyl (C=O) groups is 2. The summed E-state index contributed by atoms with van der Waals surface area (Å²) in [6.45, 7) is 3.30. The van der Waals surface area contributed by atoms with Crippen molar-refractivity contribution >= 4 is 34.5 Å².